The van der Waals surface area contributed by atoms with Gasteiger partial charge in [0.05, 0.1) is 10.5 Å². The van der Waals surface area contributed by atoms with Crippen LogP contribution in [0, 0.1) is 15.5 Å². The number of halogens is 2. The third-order valence-corrected chi connectivity index (χ3v) is 3.48. The smallest absolute Gasteiger partial charge is 0.313 e. The summed E-state index contributed by atoms with van der Waals surface area (Å²) in [5.74, 6) is 0.0430. The number of nitro groups is 1. The lowest BCUT2D eigenvalue weighted by atomic mass is 10.2. The van der Waals surface area contributed by atoms with E-state index in [9.17, 15) is 10.1 Å². The van der Waals surface area contributed by atoms with E-state index in [2.05, 4.69) is 15.9 Å². The van der Waals surface area contributed by atoms with Crippen LogP contribution in [-0.2, 0) is 0 Å². The molecule has 0 aromatic heterocycles. The van der Waals surface area contributed by atoms with E-state index in [4.69, 9.17) is 27.5 Å². The van der Waals surface area contributed by atoms with Crippen LogP contribution in [-0.4, -0.2) is 10.8 Å². The summed E-state index contributed by atoms with van der Waals surface area (Å²) >= 11 is 9.01. The molecular weight excluding hydrogens is 362 g/mol. The number of hydrogen-bond acceptors (Lipinski definition) is 4. The lowest BCUT2D eigenvalue weighted by Crippen LogP contribution is -2.13. The molecule has 0 aliphatic carbocycles. The van der Waals surface area contributed by atoms with Crippen molar-refractivity contribution < 1.29 is 9.66 Å². The molecule has 0 fully saturated rings. The summed E-state index contributed by atoms with van der Waals surface area (Å²) in [4.78, 5) is 10.5. The molecule has 21 heavy (non-hydrogen) atoms. The number of benzene rings is 2. The van der Waals surface area contributed by atoms with Crippen molar-refractivity contribution in [1.29, 1.82) is 5.41 Å². The van der Waals surface area contributed by atoms with Gasteiger partial charge in [-0.1, -0.05) is 17.7 Å². The highest BCUT2D eigenvalue weighted by molar-refractivity contribution is 9.10. The fraction of sp³-hybridized carbons (Fsp3) is 0. The molecule has 0 bridgehead atoms. The Morgan fingerprint density at radius 3 is 2.67 bits per heavy atom. The quantitative estimate of drug-likeness (QED) is 0.366. The molecule has 0 atom stereocenters. The molecule has 2 aromatic rings. The zero-order valence-corrected chi connectivity index (χ0v) is 12.8. The number of nitro benzene ring substituents is 1. The van der Waals surface area contributed by atoms with Crippen molar-refractivity contribution in [3.05, 3.63) is 61.6 Å². The molecule has 2 rings (SSSR count). The fourth-order valence-corrected chi connectivity index (χ4v) is 2.42. The molecule has 8 heteroatoms. The molecule has 3 N–H and O–H groups in total. The molecule has 0 radical (unpaired) electrons. The molecule has 0 unspecified atom stereocenters. The van der Waals surface area contributed by atoms with Gasteiger partial charge in [0.1, 0.15) is 11.6 Å². The third-order valence-electron chi connectivity index (χ3n) is 2.58. The third kappa shape index (κ3) is 3.32. The van der Waals surface area contributed by atoms with E-state index in [1.54, 1.807) is 18.2 Å². The molecular formula is C13H9BrClN3O3. The molecule has 2 aromatic carbocycles. The van der Waals surface area contributed by atoms with Crippen LogP contribution in [0.25, 0.3) is 0 Å². The maximum atomic E-state index is 11.0. The molecule has 0 aliphatic heterocycles. The summed E-state index contributed by atoms with van der Waals surface area (Å²) in [5.41, 5.74) is 5.56. The molecule has 0 saturated carbocycles. The first-order valence-electron chi connectivity index (χ1n) is 5.65. The van der Waals surface area contributed by atoms with Crippen LogP contribution < -0.4 is 10.5 Å². The number of nitrogens with zero attached hydrogens (tertiary/aromatic N) is 1. The summed E-state index contributed by atoms with van der Waals surface area (Å²) in [6.45, 7) is 0. The second-order valence-electron chi connectivity index (χ2n) is 4.00. The Bertz CT molecular complexity index is 737. The Hall–Kier alpha value is -2.12. The van der Waals surface area contributed by atoms with E-state index in [1.807, 2.05) is 0 Å². The van der Waals surface area contributed by atoms with E-state index in [0.29, 0.717) is 10.0 Å². The Kier molecular flexibility index (Phi) is 4.44. The van der Waals surface area contributed by atoms with Gasteiger partial charge in [-0.05, 0) is 40.2 Å². The number of nitrogens with one attached hydrogen (secondary N) is 1. The number of nitrogen functional groups attached to an aromatic ring is 1. The van der Waals surface area contributed by atoms with Crippen molar-refractivity contribution in [2.45, 2.75) is 0 Å². The number of hydrogen-bond donors (Lipinski definition) is 2. The van der Waals surface area contributed by atoms with Crippen LogP contribution in [0.15, 0.2) is 40.9 Å². The van der Waals surface area contributed by atoms with E-state index in [1.165, 1.54) is 18.2 Å². The highest BCUT2D eigenvalue weighted by Crippen LogP contribution is 2.36. The minimum absolute atomic E-state index is 0.0185. The summed E-state index contributed by atoms with van der Waals surface area (Å²) in [5, 5.41) is 18.8. The fourth-order valence-electron chi connectivity index (χ4n) is 1.69. The highest BCUT2D eigenvalue weighted by Gasteiger charge is 2.19. The van der Waals surface area contributed by atoms with Gasteiger partial charge in [-0.3, -0.25) is 15.5 Å². The van der Waals surface area contributed by atoms with Gasteiger partial charge in [-0.25, -0.2) is 0 Å². The molecule has 0 saturated heterocycles. The summed E-state index contributed by atoms with van der Waals surface area (Å²) in [6, 6.07) is 9.01. The first-order chi connectivity index (χ1) is 9.90. The molecule has 0 amide bonds. The van der Waals surface area contributed by atoms with Gasteiger partial charge in [0.15, 0.2) is 0 Å². The van der Waals surface area contributed by atoms with Crippen LogP contribution in [0.1, 0.15) is 5.56 Å². The standard InChI is InChI=1S/C13H9BrClN3O3/c14-8-2-1-3-11(12(8)13(16)17)21-10-5-4-7(15)6-9(10)18(19)20/h1-6H,(H3,16,17). The zero-order valence-electron chi connectivity index (χ0n) is 10.5. The SMILES string of the molecule is N=C(N)c1c(Br)cccc1Oc1ccc(Cl)cc1[N+](=O)[O-]. The molecule has 0 heterocycles. The van der Waals surface area contributed by atoms with Crippen molar-refractivity contribution in [3.8, 4) is 11.5 Å². The first kappa shape index (κ1) is 15.3. The van der Waals surface area contributed by atoms with Crippen LogP contribution >= 0.6 is 27.5 Å². The number of rotatable bonds is 4. The predicted octanol–water partition coefficient (Wildman–Crippen LogP) is 4.09. The first-order valence-corrected chi connectivity index (χ1v) is 6.82. The molecule has 108 valence electrons. The summed E-state index contributed by atoms with van der Waals surface area (Å²) in [6.07, 6.45) is 0. The molecule has 6 nitrogen and oxygen atoms in total. The number of nitrogens with two attached hydrogens (primary N) is 1. The van der Waals surface area contributed by atoms with Crippen molar-refractivity contribution in [1.82, 2.24) is 0 Å². The van der Waals surface area contributed by atoms with Gasteiger partial charge in [-0.15, -0.1) is 0 Å². The van der Waals surface area contributed by atoms with Gasteiger partial charge in [0, 0.05) is 15.6 Å². The van der Waals surface area contributed by atoms with E-state index in [-0.39, 0.29) is 28.0 Å². The lowest BCUT2D eigenvalue weighted by molar-refractivity contribution is -0.385. The molecule has 0 spiro atoms. The van der Waals surface area contributed by atoms with Crippen molar-refractivity contribution in [2.75, 3.05) is 0 Å². The van der Waals surface area contributed by atoms with Crippen LogP contribution in [0.4, 0.5) is 5.69 Å². The highest BCUT2D eigenvalue weighted by atomic mass is 79.9. The lowest BCUT2D eigenvalue weighted by Gasteiger charge is -2.12. The van der Waals surface area contributed by atoms with Gasteiger partial charge < -0.3 is 10.5 Å². The van der Waals surface area contributed by atoms with Gasteiger partial charge in [0.25, 0.3) is 0 Å². The summed E-state index contributed by atoms with van der Waals surface area (Å²) < 4.78 is 6.11. The van der Waals surface area contributed by atoms with Crippen LogP contribution in [0.2, 0.25) is 5.02 Å². The van der Waals surface area contributed by atoms with Crippen molar-refractivity contribution in [2.24, 2.45) is 5.73 Å². The maximum Gasteiger partial charge on any atom is 0.313 e. The van der Waals surface area contributed by atoms with Crippen LogP contribution in [0.5, 0.6) is 11.5 Å². The van der Waals surface area contributed by atoms with E-state index >= 15 is 0 Å². The van der Waals surface area contributed by atoms with Crippen molar-refractivity contribution in [3.63, 3.8) is 0 Å². The minimum atomic E-state index is -0.591. The van der Waals surface area contributed by atoms with E-state index in [0.717, 1.165) is 0 Å². The Morgan fingerprint density at radius 2 is 2.05 bits per heavy atom. The maximum absolute atomic E-state index is 11.0. The second-order valence-corrected chi connectivity index (χ2v) is 5.29. The summed E-state index contributed by atoms with van der Waals surface area (Å²) in [7, 11) is 0. The largest absolute Gasteiger partial charge is 0.449 e. The normalized spacial score (nSPS) is 10.2. The Morgan fingerprint density at radius 1 is 1.33 bits per heavy atom. The van der Waals surface area contributed by atoms with Gasteiger partial charge in [-0.2, -0.15) is 0 Å². The second kappa shape index (κ2) is 6.11. The molecule has 0 aliphatic rings. The average molecular weight is 371 g/mol. The van der Waals surface area contributed by atoms with Gasteiger partial charge >= 0.3 is 5.69 Å². The van der Waals surface area contributed by atoms with Gasteiger partial charge in [0.2, 0.25) is 5.75 Å². The predicted molar refractivity (Wildman–Crippen MR) is 83.3 cm³/mol. The number of amidine groups is 1. The minimum Gasteiger partial charge on any atom is -0.449 e. The van der Waals surface area contributed by atoms with E-state index < -0.39 is 4.92 Å². The Labute approximate surface area is 133 Å². The number of ether oxygens (including phenoxy) is 1. The monoisotopic (exact) mass is 369 g/mol. The average Bonchev–Trinajstić information content (AvgIpc) is 2.40. The van der Waals surface area contributed by atoms with Crippen LogP contribution in [0.3, 0.4) is 0 Å². The zero-order chi connectivity index (χ0) is 15.6. The van der Waals surface area contributed by atoms with Crippen molar-refractivity contribution >= 4 is 39.1 Å². The Balaban J connectivity index is 2.51. The topological polar surface area (TPSA) is 102 Å².